The lowest BCUT2D eigenvalue weighted by Gasteiger charge is -2.08. The molecule has 0 aromatic heterocycles. The maximum Gasteiger partial charge on any atom is 0.411 e. The number of hydrogen-bond acceptors (Lipinski definition) is 3. The summed E-state index contributed by atoms with van der Waals surface area (Å²) >= 11 is 4.93. The van der Waals surface area contributed by atoms with E-state index in [0.717, 1.165) is 9.37 Å². The lowest BCUT2D eigenvalue weighted by atomic mass is 10.3. The maximum absolute atomic E-state index is 11.8. The molecular weight excluding hydrogens is 331 g/mol. The van der Waals surface area contributed by atoms with Crippen LogP contribution in [-0.4, -0.2) is 25.1 Å². The van der Waals surface area contributed by atoms with E-state index in [1.54, 1.807) is 23.9 Å². The molecule has 7 heteroatoms. The van der Waals surface area contributed by atoms with Crippen molar-refractivity contribution in [3.05, 3.63) is 22.7 Å². The molecule has 0 heterocycles. The summed E-state index contributed by atoms with van der Waals surface area (Å²) in [5, 5.41) is 0. The van der Waals surface area contributed by atoms with Crippen molar-refractivity contribution in [2.45, 2.75) is 17.5 Å². The van der Waals surface area contributed by atoms with E-state index >= 15 is 0 Å². The highest BCUT2D eigenvalue weighted by Gasteiger charge is 2.27. The summed E-state index contributed by atoms with van der Waals surface area (Å²) in [6.07, 6.45) is -3.68. The molecule has 1 aromatic rings. The predicted octanol–water partition coefficient (Wildman–Crippen LogP) is 4.09. The molecule has 0 saturated heterocycles. The van der Waals surface area contributed by atoms with Gasteiger partial charge in [0.2, 0.25) is 0 Å². The summed E-state index contributed by atoms with van der Waals surface area (Å²) < 4.78 is 40.7. The van der Waals surface area contributed by atoms with Crippen molar-refractivity contribution in [2.24, 2.45) is 0 Å². The third kappa shape index (κ3) is 6.51. The highest BCUT2D eigenvalue weighted by molar-refractivity contribution is 9.10. The first-order valence-corrected chi connectivity index (χ1v) is 6.98. The van der Waals surface area contributed by atoms with E-state index in [4.69, 9.17) is 5.73 Å². The molecule has 2 N–H and O–H groups in total. The third-order valence-corrected chi connectivity index (χ3v) is 3.99. The van der Waals surface area contributed by atoms with Gasteiger partial charge in [-0.1, -0.05) is 0 Å². The fraction of sp³-hybridized carbons (Fsp3) is 0.455. The van der Waals surface area contributed by atoms with Gasteiger partial charge >= 0.3 is 6.18 Å². The topological polar surface area (TPSA) is 35.2 Å². The van der Waals surface area contributed by atoms with Gasteiger partial charge in [0.05, 0.1) is 0 Å². The summed E-state index contributed by atoms with van der Waals surface area (Å²) in [6, 6.07) is 5.45. The summed E-state index contributed by atoms with van der Waals surface area (Å²) in [5.74, 6) is 0.695. The monoisotopic (exact) mass is 343 g/mol. The van der Waals surface area contributed by atoms with Gasteiger partial charge < -0.3 is 10.5 Å². The van der Waals surface area contributed by atoms with Gasteiger partial charge in [0.15, 0.2) is 0 Å². The molecule has 2 nitrogen and oxygen atoms in total. The first-order chi connectivity index (χ1) is 8.38. The zero-order valence-electron chi connectivity index (χ0n) is 9.47. The number of rotatable bonds is 6. The van der Waals surface area contributed by atoms with Crippen LogP contribution in [0.3, 0.4) is 0 Å². The van der Waals surface area contributed by atoms with Crippen molar-refractivity contribution >= 4 is 33.4 Å². The van der Waals surface area contributed by atoms with Crippen molar-refractivity contribution in [2.75, 3.05) is 24.7 Å². The molecule has 0 saturated carbocycles. The van der Waals surface area contributed by atoms with Gasteiger partial charge in [0.25, 0.3) is 0 Å². The standard InChI is InChI=1S/C11H13BrF3NOS/c12-9-6-8(16)2-3-10(9)18-5-1-4-17-7-11(13,14)15/h2-3,6H,1,4-5,7,16H2. The number of thioether (sulfide) groups is 1. The van der Waals surface area contributed by atoms with Crippen LogP contribution in [0.4, 0.5) is 18.9 Å². The van der Waals surface area contributed by atoms with Gasteiger partial charge in [-0.2, -0.15) is 13.2 Å². The van der Waals surface area contributed by atoms with Crippen LogP contribution in [0.15, 0.2) is 27.6 Å². The number of halogens is 4. The maximum atomic E-state index is 11.8. The molecule has 102 valence electrons. The van der Waals surface area contributed by atoms with E-state index < -0.39 is 12.8 Å². The molecule has 1 aromatic carbocycles. The van der Waals surface area contributed by atoms with Crippen molar-refractivity contribution in [3.8, 4) is 0 Å². The second-order valence-corrected chi connectivity index (χ2v) is 5.55. The average Bonchev–Trinajstić information content (AvgIpc) is 2.24. The van der Waals surface area contributed by atoms with Crippen LogP contribution in [0, 0.1) is 0 Å². The number of nitrogens with two attached hydrogens (primary N) is 1. The van der Waals surface area contributed by atoms with E-state index in [1.807, 2.05) is 6.07 Å². The van der Waals surface area contributed by atoms with Crippen molar-refractivity contribution in [1.82, 2.24) is 0 Å². The Morgan fingerprint density at radius 1 is 1.33 bits per heavy atom. The number of anilines is 1. The first-order valence-electron chi connectivity index (χ1n) is 5.21. The summed E-state index contributed by atoms with van der Waals surface area (Å²) in [7, 11) is 0. The first kappa shape index (κ1) is 15.7. The quantitative estimate of drug-likeness (QED) is 0.480. The van der Waals surface area contributed by atoms with Crippen LogP contribution >= 0.6 is 27.7 Å². The molecule has 0 spiro atoms. The normalized spacial score (nSPS) is 11.8. The summed E-state index contributed by atoms with van der Waals surface area (Å²) in [4.78, 5) is 1.01. The Labute approximate surface area is 116 Å². The lowest BCUT2D eigenvalue weighted by molar-refractivity contribution is -0.173. The number of benzene rings is 1. The molecule has 0 aliphatic heterocycles. The molecule has 0 fully saturated rings. The van der Waals surface area contributed by atoms with E-state index in [0.29, 0.717) is 17.9 Å². The Morgan fingerprint density at radius 3 is 2.67 bits per heavy atom. The van der Waals surface area contributed by atoms with Gasteiger partial charge in [-0.3, -0.25) is 0 Å². The molecule has 1 rings (SSSR count). The summed E-state index contributed by atoms with van der Waals surface area (Å²) in [6.45, 7) is -1.07. The predicted molar refractivity (Wildman–Crippen MR) is 70.8 cm³/mol. The largest absolute Gasteiger partial charge is 0.411 e. The molecule has 0 atom stereocenters. The van der Waals surface area contributed by atoms with Crippen LogP contribution in [0.25, 0.3) is 0 Å². The molecule has 0 amide bonds. The Kier molecular flexibility index (Phi) is 6.31. The van der Waals surface area contributed by atoms with Crippen LogP contribution in [0.1, 0.15) is 6.42 Å². The molecule has 0 unspecified atom stereocenters. The minimum Gasteiger partial charge on any atom is -0.399 e. The zero-order chi connectivity index (χ0) is 13.6. The van der Waals surface area contributed by atoms with Gasteiger partial charge in [0.1, 0.15) is 6.61 Å². The fourth-order valence-corrected chi connectivity index (χ4v) is 2.75. The minimum absolute atomic E-state index is 0.110. The molecule has 0 bridgehead atoms. The Bertz CT molecular complexity index is 387. The molecule has 0 aliphatic rings. The number of alkyl halides is 3. The van der Waals surface area contributed by atoms with E-state index in [2.05, 4.69) is 20.7 Å². The van der Waals surface area contributed by atoms with Crippen molar-refractivity contribution in [1.29, 1.82) is 0 Å². The van der Waals surface area contributed by atoms with Gasteiger partial charge in [-0.25, -0.2) is 0 Å². The van der Waals surface area contributed by atoms with E-state index in [-0.39, 0.29) is 6.61 Å². The third-order valence-electron chi connectivity index (χ3n) is 1.91. The molecular formula is C11H13BrF3NOS. The van der Waals surface area contributed by atoms with Crippen molar-refractivity contribution < 1.29 is 17.9 Å². The van der Waals surface area contributed by atoms with Crippen molar-refractivity contribution in [3.63, 3.8) is 0 Å². The Hall–Kier alpha value is -0.400. The lowest BCUT2D eigenvalue weighted by Crippen LogP contribution is -2.17. The van der Waals surface area contributed by atoms with Crippen LogP contribution in [0.5, 0.6) is 0 Å². The number of hydrogen-bond donors (Lipinski definition) is 1. The summed E-state index contributed by atoms with van der Waals surface area (Å²) in [5.41, 5.74) is 6.26. The SMILES string of the molecule is Nc1ccc(SCCCOCC(F)(F)F)c(Br)c1. The average molecular weight is 344 g/mol. The fourth-order valence-electron chi connectivity index (χ4n) is 1.17. The van der Waals surface area contributed by atoms with Gasteiger partial charge in [0, 0.05) is 27.4 Å². The number of ether oxygens (including phenoxy) is 1. The van der Waals surface area contributed by atoms with Crippen LogP contribution in [-0.2, 0) is 4.74 Å². The van der Waals surface area contributed by atoms with Gasteiger partial charge in [-0.15, -0.1) is 11.8 Å². The second-order valence-electron chi connectivity index (χ2n) is 3.56. The highest BCUT2D eigenvalue weighted by atomic mass is 79.9. The Morgan fingerprint density at radius 2 is 2.06 bits per heavy atom. The highest BCUT2D eigenvalue weighted by Crippen LogP contribution is 2.29. The van der Waals surface area contributed by atoms with E-state index in [1.165, 1.54) is 0 Å². The zero-order valence-corrected chi connectivity index (χ0v) is 11.9. The minimum atomic E-state index is -4.24. The second kappa shape index (κ2) is 7.25. The molecule has 0 aliphatic carbocycles. The van der Waals surface area contributed by atoms with Crippen LogP contribution in [0.2, 0.25) is 0 Å². The van der Waals surface area contributed by atoms with Crippen LogP contribution < -0.4 is 5.73 Å². The molecule has 0 radical (unpaired) electrons. The molecule has 18 heavy (non-hydrogen) atoms. The Balaban J connectivity index is 2.18. The van der Waals surface area contributed by atoms with E-state index in [9.17, 15) is 13.2 Å². The van der Waals surface area contributed by atoms with Gasteiger partial charge in [-0.05, 0) is 40.5 Å². The smallest absolute Gasteiger partial charge is 0.399 e. The number of nitrogen functional groups attached to an aromatic ring is 1.